The lowest BCUT2D eigenvalue weighted by Crippen LogP contribution is -2.05. The van der Waals surface area contributed by atoms with Gasteiger partial charge in [-0.05, 0) is 30.5 Å². The summed E-state index contributed by atoms with van der Waals surface area (Å²) in [6, 6.07) is 11.8. The molecule has 1 N–H and O–H groups in total. The molecule has 0 aliphatic carbocycles. The zero-order chi connectivity index (χ0) is 13.0. The SMILES string of the molecule is CCC(C)CC(O)c1ccn(-c2ccccc2)n1. The molecule has 2 rings (SSSR count). The normalized spacial score (nSPS) is 14.4. The van der Waals surface area contributed by atoms with E-state index in [9.17, 15) is 5.11 Å². The maximum Gasteiger partial charge on any atom is 0.0981 e. The van der Waals surface area contributed by atoms with Gasteiger partial charge in [0.25, 0.3) is 0 Å². The number of aliphatic hydroxyl groups excluding tert-OH is 1. The molecule has 0 amide bonds. The Balaban J connectivity index is 2.11. The van der Waals surface area contributed by atoms with Crippen molar-refractivity contribution in [1.29, 1.82) is 0 Å². The Kier molecular flexibility index (Phi) is 4.15. The fourth-order valence-corrected chi connectivity index (χ4v) is 1.91. The van der Waals surface area contributed by atoms with E-state index < -0.39 is 6.10 Å². The Bertz CT molecular complexity index is 478. The molecule has 1 heterocycles. The van der Waals surface area contributed by atoms with Crippen molar-refractivity contribution >= 4 is 0 Å². The maximum atomic E-state index is 10.1. The summed E-state index contributed by atoms with van der Waals surface area (Å²) in [5.41, 5.74) is 1.76. The molecule has 2 aromatic rings. The highest BCUT2D eigenvalue weighted by atomic mass is 16.3. The van der Waals surface area contributed by atoms with Crippen LogP contribution in [0.15, 0.2) is 42.6 Å². The molecule has 1 aromatic heterocycles. The smallest absolute Gasteiger partial charge is 0.0981 e. The second-order valence-corrected chi connectivity index (χ2v) is 4.79. The third kappa shape index (κ3) is 2.99. The van der Waals surface area contributed by atoms with Crippen molar-refractivity contribution in [1.82, 2.24) is 9.78 Å². The van der Waals surface area contributed by atoms with Gasteiger partial charge in [0.1, 0.15) is 0 Å². The largest absolute Gasteiger partial charge is 0.387 e. The average Bonchev–Trinajstić information content (AvgIpc) is 2.89. The van der Waals surface area contributed by atoms with Crippen LogP contribution in [-0.2, 0) is 0 Å². The number of aromatic nitrogens is 2. The monoisotopic (exact) mass is 244 g/mol. The number of hydrogen-bond acceptors (Lipinski definition) is 2. The van der Waals surface area contributed by atoms with Crippen LogP contribution in [0.2, 0.25) is 0 Å². The Morgan fingerprint density at radius 2 is 1.94 bits per heavy atom. The van der Waals surface area contributed by atoms with Gasteiger partial charge in [0.05, 0.1) is 17.5 Å². The molecule has 0 fully saturated rings. The Labute approximate surface area is 108 Å². The molecule has 0 radical (unpaired) electrons. The van der Waals surface area contributed by atoms with Gasteiger partial charge in [0.15, 0.2) is 0 Å². The first-order chi connectivity index (χ1) is 8.70. The summed E-state index contributed by atoms with van der Waals surface area (Å²) in [7, 11) is 0. The third-order valence-electron chi connectivity index (χ3n) is 3.29. The molecular weight excluding hydrogens is 224 g/mol. The molecule has 3 heteroatoms. The van der Waals surface area contributed by atoms with Gasteiger partial charge in [0.2, 0.25) is 0 Å². The lowest BCUT2D eigenvalue weighted by Gasteiger charge is -2.12. The van der Waals surface area contributed by atoms with Gasteiger partial charge in [-0.3, -0.25) is 0 Å². The van der Waals surface area contributed by atoms with E-state index in [1.165, 1.54) is 0 Å². The van der Waals surface area contributed by atoms with E-state index in [1.807, 2.05) is 42.6 Å². The third-order valence-corrected chi connectivity index (χ3v) is 3.29. The molecule has 0 saturated carbocycles. The van der Waals surface area contributed by atoms with Crippen LogP contribution >= 0.6 is 0 Å². The predicted molar refractivity (Wildman–Crippen MR) is 72.6 cm³/mol. The van der Waals surface area contributed by atoms with Gasteiger partial charge in [-0.25, -0.2) is 4.68 Å². The highest BCUT2D eigenvalue weighted by Crippen LogP contribution is 2.22. The summed E-state index contributed by atoms with van der Waals surface area (Å²) < 4.78 is 1.80. The highest BCUT2D eigenvalue weighted by molar-refractivity contribution is 5.30. The number of aliphatic hydroxyl groups is 1. The standard InChI is InChI=1S/C15H20N2O/c1-3-12(2)11-15(18)14-9-10-17(16-14)13-7-5-4-6-8-13/h4-10,12,15,18H,3,11H2,1-2H3. The first kappa shape index (κ1) is 12.8. The molecule has 2 atom stereocenters. The van der Waals surface area contributed by atoms with Crippen LogP contribution < -0.4 is 0 Å². The lowest BCUT2D eigenvalue weighted by molar-refractivity contribution is 0.141. The number of para-hydroxylation sites is 1. The van der Waals surface area contributed by atoms with Crippen LogP contribution in [0.4, 0.5) is 0 Å². The van der Waals surface area contributed by atoms with Gasteiger partial charge in [-0.1, -0.05) is 38.5 Å². The van der Waals surface area contributed by atoms with Crippen LogP contribution in [0.25, 0.3) is 5.69 Å². The van der Waals surface area contributed by atoms with Crippen LogP contribution in [0, 0.1) is 5.92 Å². The van der Waals surface area contributed by atoms with E-state index in [0.717, 1.165) is 24.2 Å². The van der Waals surface area contributed by atoms with Crippen molar-refractivity contribution < 1.29 is 5.11 Å². The molecule has 0 bridgehead atoms. The average molecular weight is 244 g/mol. The van der Waals surface area contributed by atoms with Gasteiger partial charge < -0.3 is 5.11 Å². The zero-order valence-electron chi connectivity index (χ0n) is 11.0. The molecule has 18 heavy (non-hydrogen) atoms. The fourth-order valence-electron chi connectivity index (χ4n) is 1.91. The predicted octanol–water partition coefficient (Wildman–Crippen LogP) is 3.34. The van der Waals surface area contributed by atoms with E-state index in [0.29, 0.717) is 5.92 Å². The molecule has 0 aliphatic heterocycles. The Morgan fingerprint density at radius 1 is 1.22 bits per heavy atom. The Morgan fingerprint density at radius 3 is 2.61 bits per heavy atom. The number of hydrogen-bond donors (Lipinski definition) is 1. The van der Waals surface area contributed by atoms with Crippen LogP contribution in [0.5, 0.6) is 0 Å². The van der Waals surface area contributed by atoms with Crippen LogP contribution in [0.1, 0.15) is 38.5 Å². The van der Waals surface area contributed by atoms with Crippen molar-refractivity contribution in [3.63, 3.8) is 0 Å². The molecule has 0 aliphatic rings. The first-order valence-electron chi connectivity index (χ1n) is 6.49. The molecule has 2 unspecified atom stereocenters. The number of rotatable bonds is 5. The molecule has 0 saturated heterocycles. The van der Waals surface area contributed by atoms with E-state index >= 15 is 0 Å². The van der Waals surface area contributed by atoms with Gasteiger partial charge in [-0.15, -0.1) is 0 Å². The van der Waals surface area contributed by atoms with Crippen molar-refractivity contribution in [2.75, 3.05) is 0 Å². The van der Waals surface area contributed by atoms with Crippen molar-refractivity contribution in [2.45, 2.75) is 32.8 Å². The minimum absolute atomic E-state index is 0.468. The summed E-state index contributed by atoms with van der Waals surface area (Å²) in [5.74, 6) is 0.516. The minimum atomic E-state index is -0.468. The number of benzene rings is 1. The van der Waals surface area contributed by atoms with Gasteiger partial charge >= 0.3 is 0 Å². The van der Waals surface area contributed by atoms with E-state index in [-0.39, 0.29) is 0 Å². The van der Waals surface area contributed by atoms with Crippen molar-refractivity contribution in [3.05, 3.63) is 48.3 Å². The van der Waals surface area contributed by atoms with Crippen LogP contribution in [0.3, 0.4) is 0 Å². The summed E-state index contributed by atoms with van der Waals surface area (Å²) in [4.78, 5) is 0. The molecular formula is C15H20N2O. The molecule has 0 spiro atoms. The minimum Gasteiger partial charge on any atom is -0.387 e. The second-order valence-electron chi connectivity index (χ2n) is 4.79. The summed E-state index contributed by atoms with van der Waals surface area (Å²) >= 11 is 0. The topological polar surface area (TPSA) is 38.0 Å². The quantitative estimate of drug-likeness (QED) is 0.876. The highest BCUT2D eigenvalue weighted by Gasteiger charge is 2.14. The van der Waals surface area contributed by atoms with E-state index in [1.54, 1.807) is 4.68 Å². The molecule has 3 nitrogen and oxygen atoms in total. The van der Waals surface area contributed by atoms with Gasteiger partial charge in [0, 0.05) is 6.20 Å². The first-order valence-corrected chi connectivity index (χ1v) is 6.49. The van der Waals surface area contributed by atoms with Crippen LogP contribution in [-0.4, -0.2) is 14.9 Å². The van der Waals surface area contributed by atoms with Crippen molar-refractivity contribution in [2.24, 2.45) is 5.92 Å². The molecule has 1 aromatic carbocycles. The van der Waals surface area contributed by atoms with Crippen molar-refractivity contribution in [3.8, 4) is 5.69 Å². The summed E-state index contributed by atoms with van der Waals surface area (Å²) in [5, 5.41) is 14.5. The van der Waals surface area contributed by atoms with E-state index in [4.69, 9.17) is 0 Å². The Hall–Kier alpha value is -1.61. The number of nitrogens with zero attached hydrogens (tertiary/aromatic N) is 2. The maximum absolute atomic E-state index is 10.1. The van der Waals surface area contributed by atoms with Gasteiger partial charge in [-0.2, -0.15) is 5.10 Å². The second kappa shape index (κ2) is 5.83. The molecule has 96 valence electrons. The lowest BCUT2D eigenvalue weighted by atomic mass is 10.00. The fraction of sp³-hybridized carbons (Fsp3) is 0.400. The summed E-state index contributed by atoms with van der Waals surface area (Å²) in [6.45, 7) is 4.29. The zero-order valence-corrected chi connectivity index (χ0v) is 11.0. The van der Waals surface area contributed by atoms with E-state index in [2.05, 4.69) is 18.9 Å². The summed E-state index contributed by atoms with van der Waals surface area (Å²) in [6.07, 6.45) is 3.27.